The van der Waals surface area contributed by atoms with Crippen LogP contribution >= 0.6 is 0 Å². The third-order valence-corrected chi connectivity index (χ3v) is 4.37. The molecule has 0 aliphatic heterocycles. The standard InChI is InChI=1S/C17H33NO3/c19-14-16(20)12-8-3-1-2-4-9-13-17(21)18-15-10-6-5-7-11-15/h15-16,19-20H,1-14H2,(H,18,21). The highest BCUT2D eigenvalue weighted by atomic mass is 16.3. The van der Waals surface area contributed by atoms with Crippen molar-refractivity contribution in [1.29, 1.82) is 0 Å². The number of hydrogen-bond acceptors (Lipinski definition) is 3. The van der Waals surface area contributed by atoms with Crippen LogP contribution in [0, 0.1) is 0 Å². The van der Waals surface area contributed by atoms with Crippen molar-refractivity contribution in [3.63, 3.8) is 0 Å². The molecule has 1 fully saturated rings. The van der Waals surface area contributed by atoms with E-state index in [0.717, 1.165) is 51.4 Å². The summed E-state index contributed by atoms with van der Waals surface area (Å²) in [5, 5.41) is 21.0. The first-order valence-corrected chi connectivity index (χ1v) is 8.80. The molecule has 1 aliphatic carbocycles. The molecule has 0 bridgehead atoms. The van der Waals surface area contributed by atoms with E-state index in [1.54, 1.807) is 0 Å². The normalized spacial score (nSPS) is 17.6. The molecule has 1 saturated carbocycles. The summed E-state index contributed by atoms with van der Waals surface area (Å²) < 4.78 is 0. The molecule has 1 amide bonds. The zero-order valence-corrected chi connectivity index (χ0v) is 13.4. The molecule has 0 saturated heterocycles. The van der Waals surface area contributed by atoms with Gasteiger partial charge in [0.25, 0.3) is 0 Å². The molecule has 0 aromatic heterocycles. The molecular formula is C17H33NO3. The number of unbranched alkanes of at least 4 members (excludes halogenated alkanes) is 5. The number of aliphatic hydroxyl groups excluding tert-OH is 2. The number of hydrogen-bond donors (Lipinski definition) is 3. The first-order valence-electron chi connectivity index (χ1n) is 8.80. The Morgan fingerprint density at radius 2 is 1.62 bits per heavy atom. The topological polar surface area (TPSA) is 69.6 Å². The van der Waals surface area contributed by atoms with Crippen molar-refractivity contribution in [2.24, 2.45) is 0 Å². The lowest BCUT2D eigenvalue weighted by Crippen LogP contribution is -2.35. The van der Waals surface area contributed by atoms with E-state index in [1.807, 2.05) is 0 Å². The van der Waals surface area contributed by atoms with Crippen LogP contribution in [-0.4, -0.2) is 34.9 Å². The Balaban J connectivity index is 1.86. The molecule has 4 heteroatoms. The van der Waals surface area contributed by atoms with Crippen molar-refractivity contribution in [3.05, 3.63) is 0 Å². The number of amides is 1. The summed E-state index contributed by atoms with van der Waals surface area (Å²) in [7, 11) is 0. The lowest BCUT2D eigenvalue weighted by Gasteiger charge is -2.22. The van der Waals surface area contributed by atoms with Crippen molar-refractivity contribution >= 4 is 5.91 Å². The van der Waals surface area contributed by atoms with Crippen LogP contribution in [0.15, 0.2) is 0 Å². The first-order chi connectivity index (χ1) is 10.2. The van der Waals surface area contributed by atoms with Gasteiger partial charge in [0.1, 0.15) is 0 Å². The lowest BCUT2D eigenvalue weighted by molar-refractivity contribution is -0.122. The summed E-state index contributed by atoms with van der Waals surface area (Å²) in [5.41, 5.74) is 0. The molecule has 1 unspecified atom stereocenters. The predicted molar refractivity (Wildman–Crippen MR) is 85.0 cm³/mol. The molecule has 124 valence electrons. The van der Waals surface area contributed by atoms with E-state index in [0.29, 0.717) is 18.9 Å². The maximum absolute atomic E-state index is 11.8. The molecule has 1 rings (SSSR count). The zero-order valence-electron chi connectivity index (χ0n) is 13.4. The van der Waals surface area contributed by atoms with Crippen LogP contribution in [0.3, 0.4) is 0 Å². The Labute approximate surface area is 129 Å². The SMILES string of the molecule is O=C(CCCCCCCCC(O)CO)NC1CCCCC1. The van der Waals surface area contributed by atoms with Gasteiger partial charge in [-0.1, -0.05) is 51.4 Å². The number of aliphatic hydroxyl groups is 2. The molecule has 0 heterocycles. The van der Waals surface area contributed by atoms with Crippen LogP contribution in [0.1, 0.15) is 83.5 Å². The van der Waals surface area contributed by atoms with Crippen LogP contribution in [0.2, 0.25) is 0 Å². The molecule has 3 N–H and O–H groups in total. The fourth-order valence-electron chi connectivity index (χ4n) is 3.01. The first kappa shape index (κ1) is 18.4. The minimum absolute atomic E-state index is 0.129. The molecule has 21 heavy (non-hydrogen) atoms. The maximum Gasteiger partial charge on any atom is 0.220 e. The molecule has 0 aromatic carbocycles. The fourth-order valence-corrected chi connectivity index (χ4v) is 3.01. The smallest absolute Gasteiger partial charge is 0.220 e. The van der Waals surface area contributed by atoms with E-state index in [1.165, 1.54) is 19.3 Å². The number of carbonyl (C=O) groups excluding carboxylic acids is 1. The summed E-state index contributed by atoms with van der Waals surface area (Å²) in [4.78, 5) is 11.8. The second kappa shape index (κ2) is 12.0. The molecule has 4 nitrogen and oxygen atoms in total. The predicted octanol–water partition coefficient (Wildman–Crippen LogP) is 2.91. The lowest BCUT2D eigenvalue weighted by atomic mass is 9.95. The average Bonchev–Trinajstić information content (AvgIpc) is 2.50. The minimum Gasteiger partial charge on any atom is -0.394 e. The largest absolute Gasteiger partial charge is 0.394 e. The van der Waals surface area contributed by atoms with Crippen molar-refractivity contribution in [2.75, 3.05) is 6.61 Å². The van der Waals surface area contributed by atoms with E-state index in [-0.39, 0.29) is 12.5 Å². The van der Waals surface area contributed by atoms with E-state index in [2.05, 4.69) is 5.32 Å². The van der Waals surface area contributed by atoms with Crippen LogP contribution in [0.25, 0.3) is 0 Å². The van der Waals surface area contributed by atoms with Gasteiger partial charge in [0.15, 0.2) is 0 Å². The molecular weight excluding hydrogens is 266 g/mol. The fraction of sp³-hybridized carbons (Fsp3) is 0.941. The summed E-state index contributed by atoms with van der Waals surface area (Å²) >= 11 is 0. The Kier molecular flexibility index (Phi) is 10.5. The van der Waals surface area contributed by atoms with Gasteiger partial charge in [-0.15, -0.1) is 0 Å². The summed E-state index contributed by atoms with van der Waals surface area (Å²) in [6.07, 6.45) is 13.5. The van der Waals surface area contributed by atoms with Gasteiger partial charge in [0.2, 0.25) is 5.91 Å². The van der Waals surface area contributed by atoms with Gasteiger partial charge in [-0.25, -0.2) is 0 Å². The second-order valence-corrected chi connectivity index (χ2v) is 6.40. The van der Waals surface area contributed by atoms with Crippen LogP contribution < -0.4 is 5.32 Å². The molecule has 0 radical (unpaired) electrons. The number of carbonyl (C=O) groups is 1. The monoisotopic (exact) mass is 299 g/mol. The van der Waals surface area contributed by atoms with Gasteiger partial charge in [-0.05, 0) is 25.7 Å². The Bertz CT molecular complexity index is 265. The third-order valence-electron chi connectivity index (χ3n) is 4.37. The van der Waals surface area contributed by atoms with Crippen molar-refractivity contribution in [3.8, 4) is 0 Å². The van der Waals surface area contributed by atoms with Gasteiger partial charge < -0.3 is 15.5 Å². The van der Waals surface area contributed by atoms with Gasteiger partial charge in [-0.3, -0.25) is 4.79 Å². The van der Waals surface area contributed by atoms with E-state index < -0.39 is 6.10 Å². The zero-order chi connectivity index (χ0) is 15.3. The number of nitrogens with one attached hydrogen (secondary N) is 1. The maximum atomic E-state index is 11.8. The van der Waals surface area contributed by atoms with E-state index >= 15 is 0 Å². The van der Waals surface area contributed by atoms with Gasteiger partial charge in [-0.2, -0.15) is 0 Å². The van der Waals surface area contributed by atoms with E-state index in [4.69, 9.17) is 5.11 Å². The average molecular weight is 299 g/mol. The Morgan fingerprint density at radius 1 is 1.00 bits per heavy atom. The Morgan fingerprint density at radius 3 is 2.29 bits per heavy atom. The highest BCUT2D eigenvalue weighted by Crippen LogP contribution is 2.17. The number of rotatable bonds is 11. The molecule has 1 aliphatic rings. The summed E-state index contributed by atoms with van der Waals surface area (Å²) in [6.45, 7) is -0.129. The highest BCUT2D eigenvalue weighted by molar-refractivity contribution is 5.76. The van der Waals surface area contributed by atoms with Crippen molar-refractivity contribution < 1.29 is 15.0 Å². The van der Waals surface area contributed by atoms with Crippen LogP contribution in [0.4, 0.5) is 0 Å². The van der Waals surface area contributed by atoms with Crippen molar-refractivity contribution in [1.82, 2.24) is 5.32 Å². The van der Waals surface area contributed by atoms with Crippen LogP contribution in [0.5, 0.6) is 0 Å². The quantitative estimate of drug-likeness (QED) is 0.514. The molecule has 0 aromatic rings. The van der Waals surface area contributed by atoms with Crippen molar-refractivity contribution in [2.45, 2.75) is 95.6 Å². The molecule has 0 spiro atoms. The summed E-state index contributed by atoms with van der Waals surface area (Å²) in [5.74, 6) is 0.230. The Hall–Kier alpha value is -0.610. The highest BCUT2D eigenvalue weighted by Gasteiger charge is 2.14. The summed E-state index contributed by atoms with van der Waals surface area (Å²) in [6, 6.07) is 0.434. The third kappa shape index (κ3) is 9.86. The van der Waals surface area contributed by atoms with E-state index in [9.17, 15) is 9.90 Å². The van der Waals surface area contributed by atoms with Crippen LogP contribution in [-0.2, 0) is 4.79 Å². The second-order valence-electron chi connectivity index (χ2n) is 6.40. The van der Waals surface area contributed by atoms with Gasteiger partial charge in [0.05, 0.1) is 12.7 Å². The van der Waals surface area contributed by atoms with Gasteiger partial charge >= 0.3 is 0 Å². The molecule has 1 atom stereocenters. The van der Waals surface area contributed by atoms with Gasteiger partial charge in [0, 0.05) is 12.5 Å². The minimum atomic E-state index is -0.548.